The second-order valence-corrected chi connectivity index (χ2v) is 11.3. The van der Waals surface area contributed by atoms with Gasteiger partial charge in [0.05, 0.1) is 18.2 Å². The first-order valence-electron chi connectivity index (χ1n) is 12.1. The van der Waals surface area contributed by atoms with E-state index in [0.29, 0.717) is 49.2 Å². The molecule has 0 N–H and O–H groups in total. The van der Waals surface area contributed by atoms with E-state index in [-0.39, 0.29) is 18.1 Å². The van der Waals surface area contributed by atoms with Crippen molar-refractivity contribution in [3.63, 3.8) is 0 Å². The van der Waals surface area contributed by atoms with Crippen molar-refractivity contribution in [1.29, 1.82) is 0 Å². The van der Waals surface area contributed by atoms with Crippen LogP contribution in [0.4, 0.5) is 0 Å². The molecule has 210 valence electrons. The standard InChI is InChI=1S/C27H25BrCl2N4O5S/c1-4-38-21-9-7-20(8-10-21)34-16(2)31-32-27(34)40-25(14-33(35)36)18-11-22(28)26(24(12-18)37-3)39-15-17-5-6-19(29)13-23(17)30/h5-13,25H,4,14-15H2,1-3H3/t25-/m0/s1. The molecule has 0 spiro atoms. The molecule has 0 fully saturated rings. The molecule has 1 aromatic heterocycles. The Labute approximate surface area is 254 Å². The van der Waals surface area contributed by atoms with Crippen molar-refractivity contribution >= 4 is 50.9 Å². The van der Waals surface area contributed by atoms with Crippen LogP contribution in [-0.2, 0) is 6.61 Å². The van der Waals surface area contributed by atoms with Crippen LogP contribution in [0.15, 0.2) is 64.2 Å². The van der Waals surface area contributed by atoms with Crippen molar-refractivity contribution in [2.75, 3.05) is 20.3 Å². The van der Waals surface area contributed by atoms with Gasteiger partial charge >= 0.3 is 0 Å². The van der Waals surface area contributed by atoms with Crippen molar-refractivity contribution < 1.29 is 19.1 Å². The van der Waals surface area contributed by atoms with Gasteiger partial charge in [0.1, 0.15) is 23.4 Å². The zero-order valence-electron chi connectivity index (χ0n) is 21.8. The lowest BCUT2D eigenvalue weighted by Gasteiger charge is -2.18. The molecule has 0 saturated carbocycles. The lowest BCUT2D eigenvalue weighted by Crippen LogP contribution is -2.12. The molecule has 9 nitrogen and oxygen atoms in total. The summed E-state index contributed by atoms with van der Waals surface area (Å²) in [5.41, 5.74) is 2.22. The van der Waals surface area contributed by atoms with Crippen LogP contribution in [0.1, 0.15) is 29.1 Å². The number of benzene rings is 3. The third kappa shape index (κ3) is 7.20. The van der Waals surface area contributed by atoms with E-state index < -0.39 is 5.25 Å². The number of hydrogen-bond acceptors (Lipinski definition) is 8. The summed E-state index contributed by atoms with van der Waals surface area (Å²) in [5, 5.41) is 21.2. The van der Waals surface area contributed by atoms with Gasteiger partial charge in [-0.15, -0.1) is 10.2 Å². The summed E-state index contributed by atoms with van der Waals surface area (Å²) < 4.78 is 19.6. The zero-order valence-corrected chi connectivity index (χ0v) is 25.7. The molecule has 13 heteroatoms. The number of methoxy groups -OCH3 is 1. The molecule has 0 unspecified atom stereocenters. The Kier molecular flexibility index (Phi) is 10.2. The molecule has 0 amide bonds. The first-order chi connectivity index (χ1) is 19.2. The normalized spacial score (nSPS) is 11.8. The SMILES string of the molecule is CCOc1ccc(-n2c(C)nnc2S[C@@H](C[N+](=O)[O-])c2cc(Br)c(OCc3ccc(Cl)cc3Cl)c(OC)c2)cc1. The highest BCUT2D eigenvalue weighted by molar-refractivity contribution is 9.10. The molecule has 0 aliphatic rings. The minimum Gasteiger partial charge on any atom is -0.494 e. The van der Waals surface area contributed by atoms with Crippen LogP contribution in [0.25, 0.3) is 5.69 Å². The molecule has 0 aliphatic carbocycles. The van der Waals surface area contributed by atoms with Gasteiger partial charge in [0.15, 0.2) is 16.7 Å². The van der Waals surface area contributed by atoms with E-state index in [1.165, 1.54) is 18.9 Å². The first-order valence-corrected chi connectivity index (χ1v) is 14.5. The third-order valence-corrected chi connectivity index (χ3v) is 8.13. The number of thioether (sulfide) groups is 1. The summed E-state index contributed by atoms with van der Waals surface area (Å²) in [6, 6.07) is 16.2. The van der Waals surface area contributed by atoms with Crippen LogP contribution in [0.5, 0.6) is 17.2 Å². The van der Waals surface area contributed by atoms with Gasteiger partial charge in [0, 0.05) is 26.2 Å². The van der Waals surface area contributed by atoms with Gasteiger partial charge < -0.3 is 14.2 Å². The van der Waals surface area contributed by atoms with Crippen molar-refractivity contribution in [1.82, 2.24) is 14.8 Å². The maximum Gasteiger partial charge on any atom is 0.220 e. The number of halogens is 3. The Hall–Kier alpha value is -2.99. The quantitative estimate of drug-likeness (QED) is 0.0859. The van der Waals surface area contributed by atoms with Crippen LogP contribution in [0, 0.1) is 17.0 Å². The summed E-state index contributed by atoms with van der Waals surface area (Å²) in [6.45, 7) is 4.13. The molecule has 4 rings (SSSR count). The lowest BCUT2D eigenvalue weighted by molar-refractivity contribution is -0.479. The molecule has 4 aromatic rings. The highest BCUT2D eigenvalue weighted by atomic mass is 79.9. The molecule has 0 aliphatic heterocycles. The number of aryl methyl sites for hydroxylation is 1. The average molecular weight is 668 g/mol. The van der Waals surface area contributed by atoms with E-state index in [9.17, 15) is 10.1 Å². The summed E-state index contributed by atoms with van der Waals surface area (Å²) in [4.78, 5) is 11.3. The number of ether oxygens (including phenoxy) is 3. The van der Waals surface area contributed by atoms with Gasteiger partial charge in [-0.25, -0.2) is 0 Å². The second kappa shape index (κ2) is 13.6. The average Bonchev–Trinajstić information content (AvgIpc) is 3.28. The highest BCUT2D eigenvalue weighted by Gasteiger charge is 2.26. The Bertz CT molecular complexity index is 1500. The Balaban J connectivity index is 1.63. The van der Waals surface area contributed by atoms with E-state index in [0.717, 1.165) is 17.0 Å². The van der Waals surface area contributed by atoms with Crippen LogP contribution < -0.4 is 14.2 Å². The zero-order chi connectivity index (χ0) is 28.8. The van der Waals surface area contributed by atoms with E-state index in [1.807, 2.05) is 42.7 Å². The first kappa shape index (κ1) is 30.0. The number of nitrogens with zero attached hydrogens (tertiary/aromatic N) is 4. The van der Waals surface area contributed by atoms with Gasteiger partial charge in [-0.1, -0.05) is 41.0 Å². The van der Waals surface area contributed by atoms with Gasteiger partial charge in [0.2, 0.25) is 6.54 Å². The Morgan fingerprint density at radius 2 is 1.85 bits per heavy atom. The van der Waals surface area contributed by atoms with Crippen molar-refractivity contribution in [3.8, 4) is 22.9 Å². The molecule has 0 saturated heterocycles. The number of nitro groups is 1. The smallest absolute Gasteiger partial charge is 0.220 e. The fourth-order valence-electron chi connectivity index (χ4n) is 3.90. The van der Waals surface area contributed by atoms with E-state index in [1.54, 1.807) is 30.3 Å². The summed E-state index contributed by atoms with van der Waals surface area (Å²) in [6.07, 6.45) is 0. The number of hydrogen-bond donors (Lipinski definition) is 0. The molecular weight excluding hydrogens is 643 g/mol. The van der Waals surface area contributed by atoms with Gasteiger partial charge in [0.25, 0.3) is 0 Å². The summed E-state index contributed by atoms with van der Waals surface area (Å²) in [5.74, 6) is 2.24. The van der Waals surface area contributed by atoms with Gasteiger partial charge in [-0.2, -0.15) is 0 Å². The lowest BCUT2D eigenvalue weighted by atomic mass is 10.1. The van der Waals surface area contributed by atoms with Gasteiger partial charge in [-0.3, -0.25) is 14.7 Å². The second-order valence-electron chi connectivity index (χ2n) is 8.47. The maximum absolute atomic E-state index is 11.7. The predicted octanol–water partition coefficient (Wildman–Crippen LogP) is 7.74. The molecule has 1 heterocycles. The largest absolute Gasteiger partial charge is 0.494 e. The fourth-order valence-corrected chi connectivity index (χ4v) is 6.09. The maximum atomic E-state index is 11.7. The Morgan fingerprint density at radius 3 is 2.50 bits per heavy atom. The summed E-state index contributed by atoms with van der Waals surface area (Å²) >= 11 is 17.1. The van der Waals surface area contributed by atoms with E-state index in [2.05, 4.69) is 26.1 Å². The van der Waals surface area contributed by atoms with E-state index >= 15 is 0 Å². The van der Waals surface area contributed by atoms with Crippen molar-refractivity contribution in [3.05, 3.63) is 96.2 Å². The van der Waals surface area contributed by atoms with Gasteiger partial charge in [-0.05, 0) is 83.9 Å². The molecule has 0 bridgehead atoms. The molecule has 0 radical (unpaired) electrons. The van der Waals surface area contributed by atoms with E-state index in [4.69, 9.17) is 37.4 Å². The molecule has 1 atom stereocenters. The van der Waals surface area contributed by atoms with Crippen LogP contribution in [-0.4, -0.2) is 39.9 Å². The minimum absolute atomic E-state index is 0.169. The Morgan fingerprint density at radius 1 is 1.10 bits per heavy atom. The third-order valence-electron chi connectivity index (χ3n) is 5.77. The number of rotatable bonds is 12. The van der Waals surface area contributed by atoms with Crippen molar-refractivity contribution in [2.24, 2.45) is 0 Å². The molecular formula is C27H25BrCl2N4O5S. The van der Waals surface area contributed by atoms with Crippen LogP contribution >= 0.6 is 50.9 Å². The van der Waals surface area contributed by atoms with Crippen LogP contribution in [0.3, 0.4) is 0 Å². The number of aromatic nitrogens is 3. The van der Waals surface area contributed by atoms with Crippen LogP contribution in [0.2, 0.25) is 10.0 Å². The molecule has 3 aromatic carbocycles. The predicted molar refractivity (Wildman–Crippen MR) is 159 cm³/mol. The monoisotopic (exact) mass is 666 g/mol. The fraction of sp³-hybridized carbons (Fsp3) is 0.259. The topological polar surface area (TPSA) is 102 Å². The summed E-state index contributed by atoms with van der Waals surface area (Å²) in [7, 11) is 1.51. The minimum atomic E-state index is -0.606. The molecule has 40 heavy (non-hydrogen) atoms. The van der Waals surface area contributed by atoms with Crippen molar-refractivity contribution in [2.45, 2.75) is 30.9 Å². The highest BCUT2D eigenvalue weighted by Crippen LogP contribution is 2.43.